The molecule has 0 amide bonds. The van der Waals surface area contributed by atoms with Crippen LogP contribution in [0.3, 0.4) is 0 Å². The predicted octanol–water partition coefficient (Wildman–Crippen LogP) is 6.19. The van der Waals surface area contributed by atoms with Crippen molar-refractivity contribution in [2.75, 3.05) is 7.11 Å². The lowest BCUT2D eigenvalue weighted by atomic mass is 10.0. The Bertz CT molecular complexity index is 1390. The highest BCUT2D eigenvalue weighted by molar-refractivity contribution is 6.04. The summed E-state index contributed by atoms with van der Waals surface area (Å²) in [6.07, 6.45) is 1.74. The average molecular weight is 382 g/mol. The first-order valence-corrected chi connectivity index (χ1v) is 9.34. The van der Waals surface area contributed by atoms with E-state index < -0.39 is 0 Å². The molecule has 0 radical (unpaired) electrons. The maximum atomic E-state index is 12.9. The summed E-state index contributed by atoms with van der Waals surface area (Å²) in [4.78, 5) is 12.9. The highest BCUT2D eigenvalue weighted by Gasteiger charge is 2.17. The Morgan fingerprint density at radius 1 is 0.828 bits per heavy atom. The van der Waals surface area contributed by atoms with E-state index in [1.165, 1.54) is 6.07 Å². The van der Waals surface area contributed by atoms with Gasteiger partial charge in [0.2, 0.25) is 0 Å². The van der Waals surface area contributed by atoms with Crippen molar-refractivity contribution in [1.29, 1.82) is 0 Å². The van der Waals surface area contributed by atoms with Crippen molar-refractivity contribution < 1.29 is 13.6 Å². The van der Waals surface area contributed by atoms with E-state index in [1.54, 1.807) is 13.4 Å². The summed E-state index contributed by atoms with van der Waals surface area (Å²) in [7, 11) is 1.62. The average Bonchev–Trinajstić information content (AvgIpc) is 3.19. The van der Waals surface area contributed by atoms with Gasteiger partial charge in [0.1, 0.15) is 22.7 Å². The van der Waals surface area contributed by atoms with Crippen molar-refractivity contribution in [1.82, 2.24) is 0 Å². The van der Waals surface area contributed by atoms with Crippen molar-refractivity contribution in [3.63, 3.8) is 0 Å². The fraction of sp³-hybridized carbons (Fsp3) is 0.0800. The quantitative estimate of drug-likeness (QED) is 0.373. The van der Waals surface area contributed by atoms with Gasteiger partial charge in [0.25, 0.3) is 0 Å². The monoisotopic (exact) mass is 382 g/mol. The first-order valence-electron chi connectivity index (χ1n) is 9.34. The molecule has 0 saturated carbocycles. The van der Waals surface area contributed by atoms with Crippen LogP contribution in [0.5, 0.6) is 5.75 Å². The Kier molecular flexibility index (Phi) is 3.98. The third kappa shape index (κ3) is 2.81. The summed E-state index contributed by atoms with van der Waals surface area (Å²) >= 11 is 0. The summed E-state index contributed by atoms with van der Waals surface area (Å²) < 4.78 is 17.2. The molecule has 0 aliphatic rings. The van der Waals surface area contributed by atoms with E-state index in [0.717, 1.165) is 39.0 Å². The van der Waals surface area contributed by atoms with Crippen LogP contribution in [-0.4, -0.2) is 7.11 Å². The van der Waals surface area contributed by atoms with Crippen LogP contribution in [0.2, 0.25) is 0 Å². The summed E-state index contributed by atoms with van der Waals surface area (Å²) in [6.45, 7) is 1.92. The van der Waals surface area contributed by atoms with Gasteiger partial charge in [0, 0.05) is 28.1 Å². The summed E-state index contributed by atoms with van der Waals surface area (Å²) in [5, 5.41) is 1.46. The minimum Gasteiger partial charge on any atom is -0.497 e. The molecule has 142 valence electrons. The van der Waals surface area contributed by atoms with Gasteiger partial charge < -0.3 is 13.6 Å². The minimum atomic E-state index is -0.0812. The third-order valence-electron chi connectivity index (χ3n) is 5.24. The Morgan fingerprint density at radius 2 is 1.59 bits per heavy atom. The Balaban J connectivity index is 1.74. The van der Waals surface area contributed by atoms with Crippen LogP contribution >= 0.6 is 0 Å². The lowest BCUT2D eigenvalue weighted by Gasteiger charge is -2.07. The minimum absolute atomic E-state index is 0.0812. The van der Waals surface area contributed by atoms with Crippen molar-refractivity contribution in [2.45, 2.75) is 6.92 Å². The Labute approximate surface area is 167 Å². The number of fused-ring (bicyclic) bond motifs is 2. The van der Waals surface area contributed by atoms with Gasteiger partial charge in [-0.1, -0.05) is 30.3 Å². The molecule has 0 N–H and O–H groups in total. The summed E-state index contributed by atoms with van der Waals surface area (Å²) in [5.41, 5.74) is 4.83. The number of hydrogen-bond donors (Lipinski definition) is 0. The van der Waals surface area contributed by atoms with E-state index in [4.69, 9.17) is 13.6 Å². The number of furan rings is 1. The van der Waals surface area contributed by atoms with E-state index in [-0.39, 0.29) is 5.43 Å². The number of rotatable bonds is 3. The topological polar surface area (TPSA) is 52.6 Å². The Hall–Kier alpha value is -3.79. The zero-order valence-electron chi connectivity index (χ0n) is 16.1. The second-order valence-corrected chi connectivity index (χ2v) is 6.97. The molecular weight excluding hydrogens is 364 g/mol. The molecule has 0 fully saturated rings. The normalized spacial score (nSPS) is 11.2. The van der Waals surface area contributed by atoms with Crippen molar-refractivity contribution in [3.05, 3.63) is 88.8 Å². The second kappa shape index (κ2) is 6.67. The van der Waals surface area contributed by atoms with E-state index in [0.29, 0.717) is 16.7 Å². The van der Waals surface area contributed by atoms with Crippen LogP contribution in [0.25, 0.3) is 44.4 Å². The molecule has 0 unspecified atom stereocenters. The molecular formula is C25H18O4. The fourth-order valence-electron chi connectivity index (χ4n) is 3.71. The third-order valence-corrected chi connectivity index (χ3v) is 5.24. The van der Waals surface area contributed by atoms with Crippen molar-refractivity contribution >= 4 is 21.9 Å². The largest absolute Gasteiger partial charge is 0.497 e. The maximum Gasteiger partial charge on any atom is 0.193 e. The Morgan fingerprint density at radius 3 is 2.31 bits per heavy atom. The highest BCUT2D eigenvalue weighted by atomic mass is 16.5. The maximum absolute atomic E-state index is 12.9. The van der Waals surface area contributed by atoms with Crippen LogP contribution in [0.15, 0.2) is 86.6 Å². The van der Waals surface area contributed by atoms with E-state index in [1.807, 2.05) is 67.6 Å². The molecule has 5 aromatic rings. The lowest BCUT2D eigenvalue weighted by molar-refractivity contribution is 0.415. The molecule has 2 aromatic heterocycles. The van der Waals surface area contributed by atoms with Crippen LogP contribution in [0.1, 0.15) is 5.56 Å². The zero-order valence-corrected chi connectivity index (χ0v) is 16.1. The first-order chi connectivity index (χ1) is 14.2. The summed E-state index contributed by atoms with van der Waals surface area (Å²) in [5.74, 6) is 1.27. The number of aryl methyl sites for hydroxylation is 1. The number of methoxy groups -OCH3 is 1. The smallest absolute Gasteiger partial charge is 0.193 e. The fourth-order valence-corrected chi connectivity index (χ4v) is 3.71. The molecule has 0 spiro atoms. The lowest BCUT2D eigenvalue weighted by Crippen LogP contribution is -2.01. The molecule has 0 aliphatic heterocycles. The molecule has 5 rings (SSSR count). The van der Waals surface area contributed by atoms with E-state index in [9.17, 15) is 4.79 Å². The molecule has 3 aromatic carbocycles. The van der Waals surface area contributed by atoms with Gasteiger partial charge in [-0.05, 0) is 42.8 Å². The van der Waals surface area contributed by atoms with Crippen LogP contribution in [0, 0.1) is 6.92 Å². The number of ether oxygens (including phenoxy) is 1. The van der Waals surface area contributed by atoms with Gasteiger partial charge in [0.05, 0.1) is 18.8 Å². The van der Waals surface area contributed by atoms with Gasteiger partial charge in [0.15, 0.2) is 5.43 Å². The first kappa shape index (κ1) is 17.3. The molecule has 0 saturated heterocycles. The van der Waals surface area contributed by atoms with Crippen LogP contribution in [-0.2, 0) is 0 Å². The van der Waals surface area contributed by atoms with Gasteiger partial charge in [-0.25, -0.2) is 0 Å². The molecule has 4 heteroatoms. The van der Waals surface area contributed by atoms with Crippen LogP contribution in [0.4, 0.5) is 0 Å². The van der Waals surface area contributed by atoms with Crippen molar-refractivity contribution in [2.24, 2.45) is 0 Å². The van der Waals surface area contributed by atoms with Gasteiger partial charge in [-0.2, -0.15) is 0 Å². The molecule has 29 heavy (non-hydrogen) atoms. The van der Waals surface area contributed by atoms with Crippen molar-refractivity contribution in [3.8, 4) is 28.2 Å². The van der Waals surface area contributed by atoms with E-state index in [2.05, 4.69) is 0 Å². The predicted molar refractivity (Wildman–Crippen MR) is 114 cm³/mol. The molecule has 0 bridgehead atoms. The van der Waals surface area contributed by atoms with Gasteiger partial charge in [-0.3, -0.25) is 4.79 Å². The summed E-state index contributed by atoms with van der Waals surface area (Å²) in [6, 6.07) is 20.8. The SMILES string of the molecule is COc1ccc(-c2cc(=O)c3cc4c(-c5ccccc5)coc4c(C)c3o2)cc1. The van der Waals surface area contributed by atoms with E-state index >= 15 is 0 Å². The standard InChI is InChI=1S/C25H18O4/c1-15-24-19(21(14-28-24)16-6-4-3-5-7-16)12-20-22(26)13-23(29-25(15)20)17-8-10-18(27-2)11-9-17/h3-14H,1-2H3. The number of hydrogen-bond acceptors (Lipinski definition) is 4. The van der Waals surface area contributed by atoms with Crippen LogP contribution < -0.4 is 10.2 Å². The molecule has 4 nitrogen and oxygen atoms in total. The highest BCUT2D eigenvalue weighted by Crippen LogP contribution is 2.36. The molecule has 0 aliphatic carbocycles. The molecule has 2 heterocycles. The zero-order chi connectivity index (χ0) is 20.0. The molecule has 0 atom stereocenters. The second-order valence-electron chi connectivity index (χ2n) is 6.97. The number of benzene rings is 3. The van der Waals surface area contributed by atoms with Gasteiger partial charge in [-0.15, -0.1) is 0 Å². The van der Waals surface area contributed by atoms with Gasteiger partial charge >= 0.3 is 0 Å².